The molecule has 1 aliphatic rings. The van der Waals surface area contributed by atoms with E-state index in [-0.39, 0.29) is 22.6 Å². The second-order valence-electron chi connectivity index (χ2n) is 6.87. The van der Waals surface area contributed by atoms with E-state index in [0.717, 1.165) is 41.5 Å². The van der Waals surface area contributed by atoms with Crippen LogP contribution in [0.4, 0.5) is 0 Å². The highest BCUT2D eigenvalue weighted by atomic mass is 79.9. The molecule has 0 amide bonds. The SMILES string of the molecule is Br.CCc1cc2c(C)cc(=O)oc2c(CN2CCCCC2CC)c1O. The number of nitrogens with zero attached hydrogens (tertiary/aromatic N) is 1. The Kier molecular flexibility index (Phi) is 6.69. The number of hydrogen-bond donors (Lipinski definition) is 1. The molecule has 0 radical (unpaired) electrons. The zero-order valence-corrected chi connectivity index (χ0v) is 17.0. The van der Waals surface area contributed by atoms with Gasteiger partial charge in [-0.3, -0.25) is 4.90 Å². The van der Waals surface area contributed by atoms with Gasteiger partial charge in [-0.05, 0) is 56.3 Å². The van der Waals surface area contributed by atoms with Crippen molar-refractivity contribution < 1.29 is 9.52 Å². The topological polar surface area (TPSA) is 53.7 Å². The lowest BCUT2D eigenvalue weighted by Crippen LogP contribution is -2.38. The van der Waals surface area contributed by atoms with Crippen LogP contribution in [-0.4, -0.2) is 22.6 Å². The summed E-state index contributed by atoms with van der Waals surface area (Å²) >= 11 is 0. The molecule has 1 aliphatic heterocycles. The summed E-state index contributed by atoms with van der Waals surface area (Å²) in [5, 5.41) is 11.7. The molecular formula is C20H28BrNO3. The van der Waals surface area contributed by atoms with Crippen LogP contribution in [0.25, 0.3) is 11.0 Å². The summed E-state index contributed by atoms with van der Waals surface area (Å²) in [4.78, 5) is 14.3. The lowest BCUT2D eigenvalue weighted by Gasteiger charge is -2.35. The lowest BCUT2D eigenvalue weighted by atomic mass is 9.96. The first-order valence-electron chi connectivity index (χ1n) is 9.07. The molecule has 1 atom stereocenters. The standard InChI is InChI=1S/C20H27NO3.BrH/c1-4-14-11-16-13(3)10-18(22)24-20(16)17(19(14)23)12-21-9-7-6-8-15(21)5-2;/h10-11,15,23H,4-9,12H2,1-3H3;1H. The van der Waals surface area contributed by atoms with E-state index in [1.165, 1.54) is 25.3 Å². The van der Waals surface area contributed by atoms with Gasteiger partial charge in [0.15, 0.2) is 0 Å². The smallest absolute Gasteiger partial charge is 0.336 e. The fourth-order valence-corrected chi connectivity index (χ4v) is 3.92. The van der Waals surface area contributed by atoms with Gasteiger partial charge in [-0.1, -0.05) is 20.3 Å². The van der Waals surface area contributed by atoms with E-state index in [4.69, 9.17) is 4.42 Å². The van der Waals surface area contributed by atoms with Gasteiger partial charge in [0.1, 0.15) is 11.3 Å². The fraction of sp³-hybridized carbons (Fsp3) is 0.550. The maximum atomic E-state index is 11.9. The molecule has 0 aliphatic carbocycles. The molecular weight excluding hydrogens is 382 g/mol. The number of benzene rings is 1. The second-order valence-corrected chi connectivity index (χ2v) is 6.87. The highest BCUT2D eigenvalue weighted by Gasteiger charge is 2.24. The van der Waals surface area contributed by atoms with Crippen molar-refractivity contribution in [2.24, 2.45) is 0 Å². The zero-order chi connectivity index (χ0) is 17.3. The highest BCUT2D eigenvalue weighted by molar-refractivity contribution is 8.93. The van der Waals surface area contributed by atoms with Crippen molar-refractivity contribution >= 4 is 28.0 Å². The predicted molar refractivity (Wildman–Crippen MR) is 107 cm³/mol. The molecule has 5 heteroatoms. The summed E-state index contributed by atoms with van der Waals surface area (Å²) in [5.74, 6) is 0.291. The van der Waals surface area contributed by atoms with Crippen LogP contribution in [0.15, 0.2) is 21.3 Å². The first kappa shape index (κ1) is 20.0. The number of halogens is 1. The molecule has 1 fully saturated rings. The molecule has 4 nitrogen and oxygen atoms in total. The van der Waals surface area contributed by atoms with E-state index in [0.29, 0.717) is 23.9 Å². The number of aromatic hydroxyl groups is 1. The molecule has 0 spiro atoms. The Labute approximate surface area is 159 Å². The maximum absolute atomic E-state index is 11.9. The minimum Gasteiger partial charge on any atom is -0.507 e. The summed E-state index contributed by atoms with van der Waals surface area (Å²) in [6.45, 7) is 7.85. The summed E-state index contributed by atoms with van der Waals surface area (Å²) in [6.07, 6.45) is 5.52. The molecule has 3 rings (SSSR count). The third-order valence-electron chi connectivity index (χ3n) is 5.35. The van der Waals surface area contributed by atoms with E-state index in [1.54, 1.807) is 0 Å². The van der Waals surface area contributed by atoms with Crippen LogP contribution in [0, 0.1) is 6.92 Å². The van der Waals surface area contributed by atoms with Gasteiger partial charge in [0.05, 0.1) is 5.56 Å². The molecule has 1 N–H and O–H groups in total. The van der Waals surface area contributed by atoms with Crippen LogP contribution in [0.3, 0.4) is 0 Å². The minimum absolute atomic E-state index is 0. The number of rotatable bonds is 4. The van der Waals surface area contributed by atoms with Gasteiger partial charge in [0.2, 0.25) is 0 Å². The lowest BCUT2D eigenvalue weighted by molar-refractivity contribution is 0.135. The van der Waals surface area contributed by atoms with Gasteiger partial charge >= 0.3 is 5.63 Å². The Morgan fingerprint density at radius 2 is 2.04 bits per heavy atom. The van der Waals surface area contributed by atoms with Crippen molar-refractivity contribution in [3.8, 4) is 5.75 Å². The Morgan fingerprint density at radius 1 is 1.28 bits per heavy atom. The highest BCUT2D eigenvalue weighted by Crippen LogP contribution is 2.35. The third-order valence-corrected chi connectivity index (χ3v) is 5.35. The Morgan fingerprint density at radius 3 is 2.72 bits per heavy atom. The van der Waals surface area contributed by atoms with Gasteiger partial charge in [0, 0.05) is 24.0 Å². The quantitative estimate of drug-likeness (QED) is 0.742. The first-order valence-corrected chi connectivity index (χ1v) is 9.07. The van der Waals surface area contributed by atoms with E-state index < -0.39 is 0 Å². The summed E-state index contributed by atoms with van der Waals surface area (Å²) in [5.41, 5.74) is 2.79. The van der Waals surface area contributed by atoms with Crippen LogP contribution in [0.5, 0.6) is 5.75 Å². The van der Waals surface area contributed by atoms with Crippen molar-refractivity contribution in [2.75, 3.05) is 6.54 Å². The average molecular weight is 410 g/mol. The monoisotopic (exact) mass is 409 g/mol. The molecule has 2 aromatic rings. The van der Waals surface area contributed by atoms with Gasteiger partial charge < -0.3 is 9.52 Å². The van der Waals surface area contributed by atoms with Gasteiger partial charge in [-0.25, -0.2) is 4.79 Å². The molecule has 25 heavy (non-hydrogen) atoms. The largest absolute Gasteiger partial charge is 0.507 e. The maximum Gasteiger partial charge on any atom is 0.336 e. The van der Waals surface area contributed by atoms with E-state index in [9.17, 15) is 9.90 Å². The van der Waals surface area contributed by atoms with Crippen LogP contribution in [-0.2, 0) is 13.0 Å². The zero-order valence-electron chi connectivity index (χ0n) is 15.3. The summed E-state index contributed by atoms with van der Waals surface area (Å²) in [7, 11) is 0. The molecule has 0 saturated carbocycles. The van der Waals surface area contributed by atoms with Crippen molar-refractivity contribution in [3.05, 3.63) is 39.2 Å². The Hall–Kier alpha value is -1.33. The number of hydrogen-bond acceptors (Lipinski definition) is 4. The normalized spacial score (nSPS) is 18.3. The number of phenolic OH excluding ortho intramolecular Hbond substituents is 1. The number of fused-ring (bicyclic) bond motifs is 1. The average Bonchev–Trinajstić information content (AvgIpc) is 2.57. The molecule has 138 valence electrons. The summed E-state index contributed by atoms with van der Waals surface area (Å²) in [6, 6.07) is 4.02. The van der Waals surface area contributed by atoms with E-state index in [1.807, 2.05) is 19.9 Å². The van der Waals surface area contributed by atoms with Crippen molar-refractivity contribution in [3.63, 3.8) is 0 Å². The van der Waals surface area contributed by atoms with Crippen LogP contribution >= 0.6 is 17.0 Å². The van der Waals surface area contributed by atoms with Crippen molar-refractivity contribution in [2.45, 2.75) is 65.5 Å². The van der Waals surface area contributed by atoms with E-state index >= 15 is 0 Å². The predicted octanol–water partition coefficient (Wildman–Crippen LogP) is 4.71. The first-order chi connectivity index (χ1) is 11.5. The Balaban J connectivity index is 0.00000225. The Bertz CT molecular complexity index is 800. The van der Waals surface area contributed by atoms with Crippen molar-refractivity contribution in [1.82, 2.24) is 4.90 Å². The number of likely N-dealkylation sites (tertiary alicyclic amines) is 1. The van der Waals surface area contributed by atoms with E-state index in [2.05, 4.69) is 11.8 Å². The number of aryl methyl sites for hydroxylation is 2. The van der Waals surface area contributed by atoms with Gasteiger partial charge in [0.25, 0.3) is 0 Å². The minimum atomic E-state index is -0.351. The van der Waals surface area contributed by atoms with Crippen LogP contribution in [0.1, 0.15) is 56.2 Å². The van der Waals surface area contributed by atoms with Crippen LogP contribution < -0.4 is 5.63 Å². The second kappa shape index (κ2) is 8.37. The molecule has 1 aromatic carbocycles. The fourth-order valence-electron chi connectivity index (χ4n) is 3.92. The molecule has 0 bridgehead atoms. The summed E-state index contributed by atoms with van der Waals surface area (Å²) < 4.78 is 5.52. The number of phenols is 1. The van der Waals surface area contributed by atoms with Crippen LogP contribution in [0.2, 0.25) is 0 Å². The third kappa shape index (κ3) is 3.93. The van der Waals surface area contributed by atoms with Gasteiger partial charge in [-0.2, -0.15) is 0 Å². The van der Waals surface area contributed by atoms with Crippen molar-refractivity contribution in [1.29, 1.82) is 0 Å². The molecule has 1 unspecified atom stereocenters. The van der Waals surface area contributed by atoms with Gasteiger partial charge in [-0.15, -0.1) is 17.0 Å². The molecule has 1 aromatic heterocycles. The number of piperidine rings is 1. The molecule has 1 saturated heterocycles. The molecule has 2 heterocycles.